The number of carboxylic acids is 1. The number of nitrogens with zero attached hydrogens (tertiary/aromatic N) is 1. The molecule has 0 aromatic heterocycles. The van der Waals surface area contributed by atoms with Gasteiger partial charge in [0, 0.05) is 20.0 Å². The minimum Gasteiger partial charge on any atom is -0.481 e. The third kappa shape index (κ3) is 6.10. The predicted molar refractivity (Wildman–Crippen MR) is 58.6 cm³/mol. The number of hydrogen-bond acceptors (Lipinski definition) is 2. The van der Waals surface area contributed by atoms with Crippen LogP contribution in [0.4, 0.5) is 0 Å². The molecule has 1 atom stereocenters. The molecule has 4 heteroatoms. The van der Waals surface area contributed by atoms with Gasteiger partial charge in [-0.2, -0.15) is 0 Å². The van der Waals surface area contributed by atoms with E-state index < -0.39 is 11.9 Å². The Hall–Kier alpha value is -1.06. The summed E-state index contributed by atoms with van der Waals surface area (Å²) in [7, 11) is 1.66. The van der Waals surface area contributed by atoms with Crippen LogP contribution in [0.2, 0.25) is 0 Å². The second kappa shape index (κ2) is 7.26. The first kappa shape index (κ1) is 13.9. The first-order chi connectivity index (χ1) is 6.99. The fraction of sp³-hybridized carbons (Fsp3) is 0.818. The van der Waals surface area contributed by atoms with Crippen LogP contribution in [0.25, 0.3) is 0 Å². The molecule has 0 aliphatic rings. The lowest BCUT2D eigenvalue weighted by atomic mass is 10.1. The van der Waals surface area contributed by atoms with Crippen molar-refractivity contribution < 1.29 is 14.7 Å². The number of aliphatic carboxylic acids is 1. The maximum atomic E-state index is 11.5. The van der Waals surface area contributed by atoms with E-state index in [0.29, 0.717) is 13.0 Å². The zero-order valence-corrected chi connectivity index (χ0v) is 9.82. The van der Waals surface area contributed by atoms with Crippen LogP contribution in [0, 0.1) is 5.92 Å². The van der Waals surface area contributed by atoms with E-state index in [1.807, 2.05) is 0 Å². The van der Waals surface area contributed by atoms with E-state index in [-0.39, 0.29) is 5.91 Å². The molecule has 0 fully saturated rings. The average Bonchev–Trinajstić information content (AvgIpc) is 2.17. The number of carboxylic acid groups (broad SMARTS) is 1. The van der Waals surface area contributed by atoms with E-state index in [2.05, 4.69) is 6.92 Å². The Morgan fingerprint density at radius 2 is 1.93 bits per heavy atom. The molecule has 15 heavy (non-hydrogen) atoms. The van der Waals surface area contributed by atoms with E-state index in [1.165, 1.54) is 4.90 Å². The summed E-state index contributed by atoms with van der Waals surface area (Å²) in [5.74, 6) is -1.31. The molecule has 0 rings (SSSR count). The Bertz CT molecular complexity index is 216. The normalized spacial score (nSPS) is 12.2. The van der Waals surface area contributed by atoms with E-state index in [1.54, 1.807) is 14.0 Å². The van der Waals surface area contributed by atoms with Crippen LogP contribution >= 0.6 is 0 Å². The lowest BCUT2D eigenvalue weighted by Gasteiger charge is -2.19. The van der Waals surface area contributed by atoms with Crippen molar-refractivity contribution in [1.29, 1.82) is 0 Å². The molecule has 1 unspecified atom stereocenters. The molecule has 0 saturated carbocycles. The number of amides is 1. The van der Waals surface area contributed by atoms with Gasteiger partial charge in [-0.05, 0) is 6.42 Å². The minimum absolute atomic E-state index is 0.0385. The third-order valence-corrected chi connectivity index (χ3v) is 2.39. The van der Waals surface area contributed by atoms with Crippen molar-refractivity contribution in [2.24, 2.45) is 5.92 Å². The van der Waals surface area contributed by atoms with E-state index in [4.69, 9.17) is 5.11 Å². The van der Waals surface area contributed by atoms with E-state index >= 15 is 0 Å². The Kier molecular flexibility index (Phi) is 6.75. The lowest BCUT2D eigenvalue weighted by Crippen LogP contribution is -2.33. The highest BCUT2D eigenvalue weighted by atomic mass is 16.4. The number of carbonyl (C=O) groups is 2. The SMILES string of the molecule is CCCCCC(=O)N(C)CC(C)C(=O)O. The number of carbonyl (C=O) groups excluding carboxylic acids is 1. The molecule has 0 saturated heterocycles. The monoisotopic (exact) mass is 215 g/mol. The van der Waals surface area contributed by atoms with Crippen LogP contribution in [0.5, 0.6) is 0 Å². The van der Waals surface area contributed by atoms with Crippen molar-refractivity contribution >= 4 is 11.9 Å². The first-order valence-corrected chi connectivity index (χ1v) is 5.45. The maximum Gasteiger partial charge on any atom is 0.308 e. The molecule has 1 amide bonds. The van der Waals surface area contributed by atoms with Crippen LogP contribution < -0.4 is 0 Å². The Morgan fingerprint density at radius 3 is 2.40 bits per heavy atom. The van der Waals surface area contributed by atoms with Gasteiger partial charge < -0.3 is 10.0 Å². The molecule has 0 aromatic carbocycles. The highest BCUT2D eigenvalue weighted by molar-refractivity contribution is 5.77. The number of unbranched alkanes of at least 4 members (excludes halogenated alkanes) is 2. The Morgan fingerprint density at radius 1 is 1.33 bits per heavy atom. The number of hydrogen-bond donors (Lipinski definition) is 1. The van der Waals surface area contributed by atoms with Crippen molar-refractivity contribution in [3.05, 3.63) is 0 Å². The summed E-state index contributed by atoms with van der Waals surface area (Å²) >= 11 is 0. The zero-order chi connectivity index (χ0) is 11.8. The van der Waals surface area contributed by atoms with Gasteiger partial charge in [0.1, 0.15) is 0 Å². The van der Waals surface area contributed by atoms with Crippen LogP contribution in [0.15, 0.2) is 0 Å². The van der Waals surface area contributed by atoms with E-state index in [0.717, 1.165) is 19.3 Å². The molecule has 0 aliphatic heterocycles. The molecular weight excluding hydrogens is 194 g/mol. The average molecular weight is 215 g/mol. The highest BCUT2D eigenvalue weighted by Gasteiger charge is 2.16. The molecule has 4 nitrogen and oxygen atoms in total. The standard InChI is InChI=1S/C11H21NO3/c1-4-5-6-7-10(13)12(3)8-9(2)11(14)15/h9H,4-8H2,1-3H3,(H,14,15). The van der Waals surface area contributed by atoms with Gasteiger partial charge in [0.25, 0.3) is 0 Å². The summed E-state index contributed by atoms with van der Waals surface area (Å²) in [6, 6.07) is 0. The van der Waals surface area contributed by atoms with Crippen LogP contribution in [-0.4, -0.2) is 35.5 Å². The summed E-state index contributed by atoms with van der Waals surface area (Å²) in [6.45, 7) is 3.99. The molecule has 0 heterocycles. The summed E-state index contributed by atoms with van der Waals surface area (Å²) in [4.78, 5) is 23.6. The largest absolute Gasteiger partial charge is 0.481 e. The molecule has 0 radical (unpaired) electrons. The quantitative estimate of drug-likeness (QED) is 0.658. The fourth-order valence-electron chi connectivity index (χ4n) is 1.31. The van der Waals surface area contributed by atoms with E-state index in [9.17, 15) is 9.59 Å². The smallest absolute Gasteiger partial charge is 0.308 e. The van der Waals surface area contributed by atoms with Gasteiger partial charge in [0.2, 0.25) is 5.91 Å². The second-order valence-electron chi connectivity index (χ2n) is 3.97. The van der Waals surface area contributed by atoms with Gasteiger partial charge in [0.05, 0.1) is 5.92 Å². The molecule has 0 bridgehead atoms. The molecule has 1 N–H and O–H groups in total. The van der Waals surface area contributed by atoms with Crippen molar-refractivity contribution in [1.82, 2.24) is 4.90 Å². The maximum absolute atomic E-state index is 11.5. The summed E-state index contributed by atoms with van der Waals surface area (Å²) in [5.41, 5.74) is 0. The predicted octanol–water partition coefficient (Wildman–Crippen LogP) is 1.75. The fourth-order valence-corrected chi connectivity index (χ4v) is 1.31. The second-order valence-corrected chi connectivity index (χ2v) is 3.97. The van der Waals surface area contributed by atoms with Crippen molar-refractivity contribution in [3.63, 3.8) is 0 Å². The summed E-state index contributed by atoms with van der Waals surface area (Å²) in [6.07, 6.45) is 3.55. The Labute approximate surface area is 91.3 Å². The van der Waals surface area contributed by atoms with Crippen LogP contribution in [0.1, 0.15) is 39.5 Å². The molecule has 0 aromatic rings. The van der Waals surface area contributed by atoms with Gasteiger partial charge in [-0.3, -0.25) is 9.59 Å². The molecular formula is C11H21NO3. The Balaban J connectivity index is 3.83. The van der Waals surface area contributed by atoms with Crippen LogP contribution in [0.3, 0.4) is 0 Å². The lowest BCUT2D eigenvalue weighted by molar-refractivity contribution is -0.142. The molecule has 0 aliphatic carbocycles. The van der Waals surface area contributed by atoms with Gasteiger partial charge in [0.15, 0.2) is 0 Å². The van der Waals surface area contributed by atoms with Crippen molar-refractivity contribution in [2.75, 3.05) is 13.6 Å². The number of rotatable bonds is 7. The highest BCUT2D eigenvalue weighted by Crippen LogP contribution is 2.04. The summed E-state index contributed by atoms with van der Waals surface area (Å²) < 4.78 is 0. The molecule has 0 spiro atoms. The van der Waals surface area contributed by atoms with Crippen LogP contribution in [-0.2, 0) is 9.59 Å². The minimum atomic E-state index is -0.858. The van der Waals surface area contributed by atoms with Crippen molar-refractivity contribution in [3.8, 4) is 0 Å². The molecule has 88 valence electrons. The first-order valence-electron chi connectivity index (χ1n) is 5.45. The topological polar surface area (TPSA) is 57.6 Å². The van der Waals surface area contributed by atoms with Gasteiger partial charge in [-0.25, -0.2) is 0 Å². The van der Waals surface area contributed by atoms with Gasteiger partial charge in [-0.1, -0.05) is 26.7 Å². The van der Waals surface area contributed by atoms with Gasteiger partial charge >= 0.3 is 5.97 Å². The summed E-state index contributed by atoms with van der Waals surface area (Å²) in [5, 5.41) is 8.69. The van der Waals surface area contributed by atoms with Gasteiger partial charge in [-0.15, -0.1) is 0 Å². The third-order valence-electron chi connectivity index (χ3n) is 2.39. The zero-order valence-electron chi connectivity index (χ0n) is 9.82. The van der Waals surface area contributed by atoms with Crippen molar-refractivity contribution in [2.45, 2.75) is 39.5 Å².